The number of benzene rings is 1. The molecule has 1 aromatic carbocycles. The minimum atomic E-state index is -0.579. The molecule has 0 atom stereocenters. The third-order valence-corrected chi connectivity index (χ3v) is 4.75. The fourth-order valence-corrected chi connectivity index (χ4v) is 3.29. The lowest BCUT2D eigenvalue weighted by Gasteiger charge is -2.21. The number of halogens is 1. The van der Waals surface area contributed by atoms with Crippen LogP contribution in [0.4, 0.5) is 4.39 Å². The number of aromatic nitrogens is 1. The maximum absolute atomic E-state index is 13.2. The first-order valence-electron chi connectivity index (χ1n) is 9.19. The van der Waals surface area contributed by atoms with Gasteiger partial charge in [0.05, 0.1) is 26.5 Å². The van der Waals surface area contributed by atoms with Crippen molar-refractivity contribution in [2.75, 3.05) is 13.7 Å². The second kappa shape index (κ2) is 8.77. The predicted octanol–water partition coefficient (Wildman–Crippen LogP) is 3.68. The zero-order valence-corrected chi connectivity index (χ0v) is 16.8. The molecule has 3 rings (SSSR count). The zero-order valence-electron chi connectivity index (χ0n) is 16.8. The number of amides is 1. The lowest BCUT2D eigenvalue weighted by Crippen LogP contribution is -2.35. The third kappa shape index (κ3) is 4.32. The Morgan fingerprint density at radius 3 is 2.43 bits per heavy atom. The van der Waals surface area contributed by atoms with E-state index in [1.165, 1.54) is 42.5 Å². The van der Waals surface area contributed by atoms with E-state index in [9.17, 15) is 18.8 Å². The third-order valence-electron chi connectivity index (χ3n) is 4.75. The molecule has 0 radical (unpaired) electrons. The van der Waals surface area contributed by atoms with E-state index in [1.54, 1.807) is 26.0 Å². The molecule has 1 amide bonds. The van der Waals surface area contributed by atoms with Crippen molar-refractivity contribution in [3.63, 3.8) is 0 Å². The first kappa shape index (κ1) is 21.0. The molecule has 0 spiro atoms. The number of carbonyl (C=O) groups is 3. The SMILES string of the molecule is COC(=O)c1[nH]c(C)c(C(=O)CN(Cc2ccco2)C(=O)c2ccc(F)cc2)c1C. The van der Waals surface area contributed by atoms with Gasteiger partial charge in [-0.25, -0.2) is 9.18 Å². The van der Waals surface area contributed by atoms with Gasteiger partial charge < -0.3 is 19.0 Å². The molecule has 0 saturated carbocycles. The van der Waals surface area contributed by atoms with E-state index >= 15 is 0 Å². The Hall–Kier alpha value is -3.68. The van der Waals surface area contributed by atoms with Gasteiger partial charge in [-0.05, 0) is 55.8 Å². The van der Waals surface area contributed by atoms with Crippen LogP contribution in [0, 0.1) is 19.7 Å². The predicted molar refractivity (Wildman–Crippen MR) is 106 cm³/mol. The molecular formula is C22H21FN2O5. The summed E-state index contributed by atoms with van der Waals surface area (Å²) in [5.41, 5.74) is 1.72. The van der Waals surface area contributed by atoms with Crippen LogP contribution >= 0.6 is 0 Å². The molecular weight excluding hydrogens is 391 g/mol. The highest BCUT2D eigenvalue weighted by Crippen LogP contribution is 2.21. The molecule has 0 aliphatic rings. The summed E-state index contributed by atoms with van der Waals surface area (Å²) in [6, 6.07) is 8.46. The van der Waals surface area contributed by atoms with Crippen LogP contribution in [0.2, 0.25) is 0 Å². The minimum absolute atomic E-state index is 0.0569. The molecule has 7 nitrogen and oxygen atoms in total. The Kier molecular flexibility index (Phi) is 6.15. The van der Waals surface area contributed by atoms with Gasteiger partial charge in [-0.3, -0.25) is 9.59 Å². The minimum Gasteiger partial charge on any atom is -0.467 e. The van der Waals surface area contributed by atoms with Crippen molar-refractivity contribution in [2.45, 2.75) is 20.4 Å². The molecule has 156 valence electrons. The van der Waals surface area contributed by atoms with E-state index in [0.29, 0.717) is 22.6 Å². The van der Waals surface area contributed by atoms with Crippen molar-refractivity contribution in [3.05, 3.63) is 82.3 Å². The Balaban J connectivity index is 1.90. The molecule has 0 bridgehead atoms. The fraction of sp³-hybridized carbons (Fsp3) is 0.227. The number of rotatable bonds is 7. The van der Waals surface area contributed by atoms with Gasteiger partial charge in [0.2, 0.25) is 0 Å². The van der Waals surface area contributed by atoms with E-state index in [4.69, 9.17) is 9.15 Å². The Bertz CT molecular complexity index is 1070. The number of ether oxygens (including phenoxy) is 1. The number of Topliss-reactive ketones (excluding diaryl/α,β-unsaturated/α-hetero) is 1. The largest absolute Gasteiger partial charge is 0.467 e. The van der Waals surface area contributed by atoms with E-state index in [0.717, 1.165) is 0 Å². The van der Waals surface area contributed by atoms with Gasteiger partial charge in [-0.1, -0.05) is 0 Å². The van der Waals surface area contributed by atoms with E-state index in [2.05, 4.69) is 4.98 Å². The van der Waals surface area contributed by atoms with Gasteiger partial charge >= 0.3 is 5.97 Å². The molecule has 2 aromatic heterocycles. The van der Waals surface area contributed by atoms with E-state index in [1.807, 2.05) is 0 Å². The number of hydrogen-bond acceptors (Lipinski definition) is 5. The number of nitrogens with zero attached hydrogens (tertiary/aromatic N) is 1. The number of ketones is 1. The number of furan rings is 1. The number of hydrogen-bond donors (Lipinski definition) is 1. The van der Waals surface area contributed by atoms with Crippen LogP contribution in [-0.4, -0.2) is 41.2 Å². The van der Waals surface area contributed by atoms with Gasteiger partial charge in [0, 0.05) is 16.8 Å². The number of carbonyl (C=O) groups excluding carboxylic acids is 3. The number of methoxy groups -OCH3 is 1. The smallest absolute Gasteiger partial charge is 0.354 e. The maximum Gasteiger partial charge on any atom is 0.354 e. The summed E-state index contributed by atoms with van der Waals surface area (Å²) in [5, 5.41) is 0. The molecule has 1 N–H and O–H groups in total. The fourth-order valence-electron chi connectivity index (χ4n) is 3.29. The summed E-state index contributed by atoms with van der Waals surface area (Å²) in [5.74, 6) is -1.34. The maximum atomic E-state index is 13.2. The van der Waals surface area contributed by atoms with Crippen LogP contribution in [-0.2, 0) is 11.3 Å². The molecule has 0 aliphatic carbocycles. The van der Waals surface area contributed by atoms with Gasteiger partial charge in [-0.2, -0.15) is 0 Å². The number of aromatic amines is 1. The molecule has 3 aromatic rings. The first-order valence-corrected chi connectivity index (χ1v) is 9.19. The average molecular weight is 412 g/mol. The highest BCUT2D eigenvalue weighted by Gasteiger charge is 2.26. The molecule has 0 saturated heterocycles. The highest BCUT2D eigenvalue weighted by atomic mass is 19.1. The van der Waals surface area contributed by atoms with Gasteiger partial charge in [0.15, 0.2) is 5.78 Å². The van der Waals surface area contributed by atoms with Crippen LogP contribution in [0.25, 0.3) is 0 Å². The number of nitrogens with one attached hydrogen (secondary N) is 1. The van der Waals surface area contributed by atoms with Gasteiger partial charge in [0.1, 0.15) is 17.3 Å². The Morgan fingerprint density at radius 1 is 1.13 bits per heavy atom. The first-order chi connectivity index (χ1) is 14.3. The number of aryl methyl sites for hydroxylation is 1. The molecule has 0 unspecified atom stereocenters. The van der Waals surface area contributed by atoms with Crippen LogP contribution < -0.4 is 0 Å². The Morgan fingerprint density at radius 2 is 1.83 bits per heavy atom. The highest BCUT2D eigenvalue weighted by molar-refractivity contribution is 6.05. The summed E-state index contributed by atoms with van der Waals surface area (Å²) >= 11 is 0. The zero-order chi connectivity index (χ0) is 21.8. The number of esters is 1. The molecule has 2 heterocycles. The molecule has 30 heavy (non-hydrogen) atoms. The Labute approximate surface area is 172 Å². The quantitative estimate of drug-likeness (QED) is 0.472. The molecule has 8 heteroatoms. The van der Waals surface area contributed by atoms with E-state index < -0.39 is 17.7 Å². The van der Waals surface area contributed by atoms with Gasteiger partial charge in [0.25, 0.3) is 5.91 Å². The lowest BCUT2D eigenvalue weighted by molar-refractivity contribution is 0.0593. The van der Waals surface area contributed by atoms with Crippen molar-refractivity contribution in [1.82, 2.24) is 9.88 Å². The summed E-state index contributed by atoms with van der Waals surface area (Å²) in [6.07, 6.45) is 1.47. The van der Waals surface area contributed by atoms with E-state index in [-0.39, 0.29) is 30.1 Å². The summed E-state index contributed by atoms with van der Waals surface area (Å²) in [6.45, 7) is 3.12. The second-order valence-electron chi connectivity index (χ2n) is 6.79. The van der Waals surface area contributed by atoms with Gasteiger partial charge in [-0.15, -0.1) is 0 Å². The van der Waals surface area contributed by atoms with Crippen molar-refractivity contribution in [1.29, 1.82) is 0 Å². The monoisotopic (exact) mass is 412 g/mol. The standard InChI is InChI=1S/C22H21FN2O5/c1-13-19(14(2)24-20(13)22(28)29-3)18(26)12-25(11-17-5-4-10-30-17)21(27)15-6-8-16(23)9-7-15/h4-10,24H,11-12H2,1-3H3. The summed E-state index contributed by atoms with van der Waals surface area (Å²) in [7, 11) is 1.26. The van der Waals surface area contributed by atoms with Crippen molar-refractivity contribution < 1.29 is 27.9 Å². The van der Waals surface area contributed by atoms with Crippen molar-refractivity contribution in [3.8, 4) is 0 Å². The molecule has 0 fully saturated rings. The topological polar surface area (TPSA) is 92.6 Å². The second-order valence-corrected chi connectivity index (χ2v) is 6.79. The average Bonchev–Trinajstić information content (AvgIpc) is 3.34. The normalized spacial score (nSPS) is 10.7. The van der Waals surface area contributed by atoms with Crippen LogP contribution in [0.1, 0.15) is 48.2 Å². The lowest BCUT2D eigenvalue weighted by atomic mass is 10.0. The van der Waals surface area contributed by atoms with Crippen LogP contribution in [0.5, 0.6) is 0 Å². The number of H-pyrrole nitrogens is 1. The summed E-state index contributed by atoms with van der Waals surface area (Å²) < 4.78 is 23.3. The van der Waals surface area contributed by atoms with Crippen LogP contribution in [0.3, 0.4) is 0 Å². The summed E-state index contributed by atoms with van der Waals surface area (Å²) in [4.78, 5) is 42.2. The van der Waals surface area contributed by atoms with Crippen molar-refractivity contribution in [2.24, 2.45) is 0 Å². The van der Waals surface area contributed by atoms with Crippen LogP contribution in [0.15, 0.2) is 47.1 Å². The molecule has 0 aliphatic heterocycles. The van der Waals surface area contributed by atoms with Crippen molar-refractivity contribution >= 4 is 17.7 Å².